The number of fused-ring (bicyclic) bond motifs is 1. The molecular formula is C16H17NO3. The first kappa shape index (κ1) is 12.9. The Labute approximate surface area is 117 Å². The summed E-state index contributed by atoms with van der Waals surface area (Å²) in [6.07, 6.45) is 3.71. The maximum Gasteiger partial charge on any atom is 0.374 e. The highest BCUT2D eigenvalue weighted by Crippen LogP contribution is 2.31. The average molecular weight is 271 g/mol. The van der Waals surface area contributed by atoms with Gasteiger partial charge >= 0.3 is 5.97 Å². The number of rotatable bonds is 4. The molecule has 0 aliphatic heterocycles. The molecule has 1 aliphatic carbocycles. The molecule has 0 saturated carbocycles. The number of carbonyl (C=O) groups is 1. The number of ether oxygens (including phenoxy) is 1. The minimum absolute atomic E-state index is 0.284. The van der Waals surface area contributed by atoms with Gasteiger partial charge < -0.3 is 14.5 Å². The summed E-state index contributed by atoms with van der Waals surface area (Å²) in [6.45, 7) is 0.597. The molecule has 0 saturated heterocycles. The standard InChI is InChI=1S/C16H17NO3/c1-19-16(18)15-12(8-9-20-15)10-17-14-7-6-11-4-2-3-5-13(11)14/h2-5,8-9,14,17H,6-7,10H2,1H3. The fourth-order valence-electron chi connectivity index (χ4n) is 2.75. The van der Waals surface area contributed by atoms with E-state index in [4.69, 9.17) is 9.15 Å². The molecule has 4 nitrogen and oxygen atoms in total. The Hall–Kier alpha value is -2.07. The van der Waals surface area contributed by atoms with Gasteiger partial charge in [0.15, 0.2) is 0 Å². The van der Waals surface area contributed by atoms with E-state index in [-0.39, 0.29) is 5.76 Å². The van der Waals surface area contributed by atoms with Crippen LogP contribution in [0.2, 0.25) is 0 Å². The summed E-state index contributed by atoms with van der Waals surface area (Å²) in [4.78, 5) is 11.5. The van der Waals surface area contributed by atoms with Crippen LogP contribution >= 0.6 is 0 Å². The number of aryl methyl sites for hydroxylation is 1. The Bertz CT molecular complexity index is 618. The molecule has 0 fully saturated rings. The lowest BCUT2D eigenvalue weighted by Gasteiger charge is -2.13. The lowest BCUT2D eigenvalue weighted by molar-refractivity contribution is 0.0563. The van der Waals surface area contributed by atoms with Gasteiger partial charge in [-0.1, -0.05) is 24.3 Å². The molecule has 20 heavy (non-hydrogen) atoms. The van der Waals surface area contributed by atoms with Gasteiger partial charge in [0.1, 0.15) is 0 Å². The second kappa shape index (κ2) is 5.51. The third-order valence-electron chi connectivity index (χ3n) is 3.79. The van der Waals surface area contributed by atoms with Gasteiger partial charge in [-0.05, 0) is 30.0 Å². The van der Waals surface area contributed by atoms with Crippen molar-refractivity contribution in [3.63, 3.8) is 0 Å². The van der Waals surface area contributed by atoms with Crippen molar-refractivity contribution in [2.75, 3.05) is 7.11 Å². The van der Waals surface area contributed by atoms with Crippen molar-refractivity contribution < 1.29 is 13.9 Å². The number of benzene rings is 1. The fraction of sp³-hybridized carbons (Fsp3) is 0.312. The Morgan fingerprint density at radius 3 is 3.10 bits per heavy atom. The maximum absolute atomic E-state index is 11.5. The number of nitrogens with one attached hydrogen (secondary N) is 1. The molecule has 1 heterocycles. The van der Waals surface area contributed by atoms with Crippen LogP contribution in [0.15, 0.2) is 41.0 Å². The second-order valence-electron chi connectivity index (χ2n) is 4.94. The van der Waals surface area contributed by atoms with Crippen molar-refractivity contribution in [3.8, 4) is 0 Å². The molecule has 0 amide bonds. The number of carbonyl (C=O) groups excluding carboxylic acids is 1. The van der Waals surface area contributed by atoms with Crippen LogP contribution in [0.3, 0.4) is 0 Å². The first-order valence-electron chi connectivity index (χ1n) is 6.75. The van der Waals surface area contributed by atoms with Crippen LogP contribution in [0.4, 0.5) is 0 Å². The summed E-state index contributed by atoms with van der Waals surface area (Å²) in [5.41, 5.74) is 3.60. The third-order valence-corrected chi connectivity index (χ3v) is 3.79. The van der Waals surface area contributed by atoms with Gasteiger partial charge in [-0.2, -0.15) is 0 Å². The summed E-state index contributed by atoms with van der Waals surface area (Å²) in [5.74, 6) is -0.148. The van der Waals surface area contributed by atoms with Crippen molar-refractivity contribution in [3.05, 3.63) is 59.0 Å². The van der Waals surface area contributed by atoms with Crippen LogP contribution < -0.4 is 5.32 Å². The van der Waals surface area contributed by atoms with E-state index in [1.165, 1.54) is 24.5 Å². The van der Waals surface area contributed by atoms with E-state index in [0.29, 0.717) is 12.6 Å². The quantitative estimate of drug-likeness (QED) is 0.869. The van der Waals surface area contributed by atoms with Crippen molar-refractivity contribution in [1.82, 2.24) is 5.32 Å². The van der Waals surface area contributed by atoms with E-state index in [0.717, 1.165) is 18.4 Å². The van der Waals surface area contributed by atoms with Gasteiger partial charge in [-0.3, -0.25) is 0 Å². The Kier molecular flexibility index (Phi) is 3.56. The van der Waals surface area contributed by atoms with Crippen LogP contribution in [-0.4, -0.2) is 13.1 Å². The molecule has 1 unspecified atom stereocenters. The molecule has 4 heteroatoms. The monoisotopic (exact) mass is 271 g/mol. The summed E-state index contributed by atoms with van der Waals surface area (Å²) in [7, 11) is 1.36. The molecule has 1 aliphatic rings. The number of hydrogen-bond donors (Lipinski definition) is 1. The number of methoxy groups -OCH3 is 1. The molecule has 0 spiro atoms. The minimum atomic E-state index is -0.432. The lowest BCUT2D eigenvalue weighted by atomic mass is 10.1. The number of hydrogen-bond acceptors (Lipinski definition) is 4. The van der Waals surface area contributed by atoms with Crippen LogP contribution in [0.1, 0.15) is 39.7 Å². The van der Waals surface area contributed by atoms with Gasteiger partial charge in [-0.25, -0.2) is 4.79 Å². The molecule has 1 atom stereocenters. The van der Waals surface area contributed by atoms with E-state index in [9.17, 15) is 4.79 Å². The van der Waals surface area contributed by atoms with Gasteiger partial charge in [-0.15, -0.1) is 0 Å². The van der Waals surface area contributed by atoms with Gasteiger partial charge in [0.25, 0.3) is 0 Å². The molecule has 1 N–H and O–H groups in total. The van der Waals surface area contributed by atoms with Gasteiger partial charge in [0, 0.05) is 18.2 Å². The van der Waals surface area contributed by atoms with E-state index in [1.54, 1.807) is 6.07 Å². The summed E-state index contributed by atoms with van der Waals surface area (Å²) in [6, 6.07) is 10.6. The molecule has 104 valence electrons. The molecule has 1 aromatic carbocycles. The Morgan fingerprint density at radius 1 is 1.40 bits per heavy atom. The average Bonchev–Trinajstić information content (AvgIpc) is 3.11. The van der Waals surface area contributed by atoms with E-state index in [1.807, 2.05) is 0 Å². The Balaban J connectivity index is 1.70. The third kappa shape index (κ3) is 2.34. The van der Waals surface area contributed by atoms with Gasteiger partial charge in [0.2, 0.25) is 5.76 Å². The smallest absolute Gasteiger partial charge is 0.374 e. The van der Waals surface area contributed by atoms with Gasteiger partial charge in [0.05, 0.1) is 13.4 Å². The SMILES string of the molecule is COC(=O)c1occc1CNC1CCc2ccccc21. The van der Waals surface area contributed by atoms with Crippen molar-refractivity contribution in [1.29, 1.82) is 0 Å². The predicted molar refractivity (Wildman–Crippen MR) is 74.4 cm³/mol. The highest BCUT2D eigenvalue weighted by atomic mass is 16.5. The van der Waals surface area contributed by atoms with Crippen LogP contribution in [0.25, 0.3) is 0 Å². The Morgan fingerprint density at radius 2 is 2.25 bits per heavy atom. The highest BCUT2D eigenvalue weighted by Gasteiger charge is 2.22. The topological polar surface area (TPSA) is 51.5 Å². The summed E-state index contributed by atoms with van der Waals surface area (Å²) < 4.78 is 9.89. The van der Waals surface area contributed by atoms with Crippen LogP contribution in [0.5, 0.6) is 0 Å². The normalized spacial score (nSPS) is 16.9. The number of furan rings is 1. The molecule has 2 aromatic rings. The van der Waals surface area contributed by atoms with E-state index >= 15 is 0 Å². The fourth-order valence-corrected chi connectivity index (χ4v) is 2.75. The number of esters is 1. The molecule has 1 aromatic heterocycles. The molecule has 0 radical (unpaired) electrons. The van der Waals surface area contributed by atoms with Crippen LogP contribution in [0, 0.1) is 0 Å². The zero-order chi connectivity index (χ0) is 13.9. The van der Waals surface area contributed by atoms with Crippen molar-refractivity contribution in [2.24, 2.45) is 0 Å². The summed E-state index contributed by atoms with van der Waals surface area (Å²) in [5, 5.41) is 3.49. The first-order chi connectivity index (χ1) is 9.79. The zero-order valence-corrected chi connectivity index (χ0v) is 11.4. The largest absolute Gasteiger partial charge is 0.463 e. The molecule has 3 rings (SSSR count). The van der Waals surface area contributed by atoms with E-state index in [2.05, 4.69) is 29.6 Å². The molecule has 0 bridgehead atoms. The maximum atomic E-state index is 11.5. The van der Waals surface area contributed by atoms with Crippen molar-refractivity contribution in [2.45, 2.75) is 25.4 Å². The van der Waals surface area contributed by atoms with E-state index < -0.39 is 5.97 Å². The highest BCUT2D eigenvalue weighted by molar-refractivity contribution is 5.87. The minimum Gasteiger partial charge on any atom is -0.463 e. The summed E-state index contributed by atoms with van der Waals surface area (Å²) >= 11 is 0. The second-order valence-corrected chi connectivity index (χ2v) is 4.94. The first-order valence-corrected chi connectivity index (χ1v) is 6.75. The molecular weight excluding hydrogens is 254 g/mol. The van der Waals surface area contributed by atoms with Crippen molar-refractivity contribution >= 4 is 5.97 Å². The zero-order valence-electron chi connectivity index (χ0n) is 11.4. The lowest BCUT2D eigenvalue weighted by Crippen LogP contribution is -2.19. The van der Waals surface area contributed by atoms with Crippen LogP contribution in [-0.2, 0) is 17.7 Å². The predicted octanol–water partition coefficient (Wildman–Crippen LogP) is 2.84.